The van der Waals surface area contributed by atoms with E-state index in [9.17, 15) is 4.79 Å². The molecule has 0 amide bonds. The molecule has 4 nitrogen and oxygen atoms in total. The molecular weight excluding hydrogens is 214 g/mol. The summed E-state index contributed by atoms with van der Waals surface area (Å²) in [5.74, 6) is -0.772. The minimum absolute atomic E-state index is 0.165. The Morgan fingerprint density at radius 3 is 3.00 bits per heavy atom. The van der Waals surface area contributed by atoms with E-state index in [-0.39, 0.29) is 6.42 Å². The van der Waals surface area contributed by atoms with Gasteiger partial charge in [0.15, 0.2) is 0 Å². The van der Waals surface area contributed by atoms with Crippen molar-refractivity contribution >= 4 is 17.3 Å². The molecule has 0 aromatic carbocycles. The number of carboxylic acids is 1. The number of hydrogen-bond donors (Lipinski definition) is 1. The van der Waals surface area contributed by atoms with Gasteiger partial charge in [0.05, 0.1) is 11.3 Å². The minimum atomic E-state index is -0.772. The van der Waals surface area contributed by atoms with Gasteiger partial charge in [0.1, 0.15) is 12.0 Å². The molecular formula is C10H9NO3S. The zero-order valence-electron chi connectivity index (χ0n) is 7.84. The molecule has 78 valence electrons. The number of rotatable bonds is 4. The Balaban J connectivity index is 2.08. The Labute approximate surface area is 90.1 Å². The molecule has 0 bridgehead atoms. The van der Waals surface area contributed by atoms with Crippen molar-refractivity contribution in [3.63, 3.8) is 0 Å². The Bertz CT molecular complexity index is 447. The van der Waals surface area contributed by atoms with Gasteiger partial charge < -0.3 is 9.63 Å². The second kappa shape index (κ2) is 4.27. The van der Waals surface area contributed by atoms with Gasteiger partial charge in [-0.3, -0.25) is 4.79 Å². The largest absolute Gasteiger partial charge is 0.481 e. The van der Waals surface area contributed by atoms with E-state index < -0.39 is 5.97 Å². The van der Waals surface area contributed by atoms with Crippen molar-refractivity contribution in [2.45, 2.75) is 12.8 Å². The fourth-order valence-electron chi connectivity index (χ4n) is 1.22. The minimum Gasteiger partial charge on any atom is -0.481 e. The maximum atomic E-state index is 10.4. The van der Waals surface area contributed by atoms with Gasteiger partial charge in [-0.05, 0) is 18.6 Å². The molecule has 5 heteroatoms. The molecule has 0 aliphatic rings. The molecule has 0 aliphatic heterocycles. The van der Waals surface area contributed by atoms with Crippen LogP contribution in [0.3, 0.4) is 0 Å². The van der Waals surface area contributed by atoms with Gasteiger partial charge in [0.25, 0.3) is 0 Å². The molecule has 0 saturated carbocycles. The molecule has 2 rings (SSSR count). The van der Waals surface area contributed by atoms with Gasteiger partial charge in [0.2, 0.25) is 0 Å². The number of nitrogens with zero attached hydrogens (tertiary/aromatic N) is 1. The highest BCUT2D eigenvalue weighted by molar-refractivity contribution is 7.15. The zero-order valence-corrected chi connectivity index (χ0v) is 8.66. The van der Waals surface area contributed by atoms with Crippen LogP contribution in [0.5, 0.6) is 0 Å². The summed E-state index contributed by atoms with van der Waals surface area (Å²) < 4.78 is 4.74. The predicted octanol–water partition coefficient (Wildman–Crippen LogP) is 2.42. The molecule has 0 spiro atoms. The van der Waals surface area contributed by atoms with E-state index in [1.54, 1.807) is 17.4 Å². The first-order valence-corrected chi connectivity index (χ1v) is 5.28. The quantitative estimate of drug-likeness (QED) is 0.864. The lowest BCUT2D eigenvalue weighted by Crippen LogP contribution is -1.95. The monoisotopic (exact) mass is 223 g/mol. The molecule has 0 radical (unpaired) electrons. The predicted molar refractivity (Wildman–Crippen MR) is 55.8 cm³/mol. The second-order valence-electron chi connectivity index (χ2n) is 3.04. The van der Waals surface area contributed by atoms with E-state index in [1.165, 1.54) is 6.26 Å². The van der Waals surface area contributed by atoms with Crippen LogP contribution in [0.1, 0.15) is 11.3 Å². The van der Waals surface area contributed by atoms with Crippen molar-refractivity contribution in [3.8, 4) is 10.6 Å². The highest BCUT2D eigenvalue weighted by Gasteiger charge is 2.06. The molecule has 0 saturated heterocycles. The van der Waals surface area contributed by atoms with Crippen LogP contribution in [0.25, 0.3) is 10.6 Å². The highest BCUT2D eigenvalue weighted by Crippen LogP contribution is 2.27. The Kier molecular flexibility index (Phi) is 2.82. The SMILES string of the molecule is O=C(O)CCc1ccc(-c2ccon2)s1. The van der Waals surface area contributed by atoms with Gasteiger partial charge in [-0.2, -0.15) is 0 Å². The number of aryl methyl sites for hydroxylation is 1. The second-order valence-corrected chi connectivity index (χ2v) is 4.21. The number of thiophene rings is 1. The summed E-state index contributed by atoms with van der Waals surface area (Å²) in [5.41, 5.74) is 0.793. The van der Waals surface area contributed by atoms with Crippen LogP contribution in [-0.2, 0) is 11.2 Å². The smallest absolute Gasteiger partial charge is 0.303 e. The summed E-state index contributed by atoms with van der Waals surface area (Å²) in [5, 5.41) is 12.4. The first-order chi connectivity index (χ1) is 7.25. The van der Waals surface area contributed by atoms with Crippen LogP contribution in [0.15, 0.2) is 29.0 Å². The van der Waals surface area contributed by atoms with Gasteiger partial charge >= 0.3 is 5.97 Å². The maximum absolute atomic E-state index is 10.4. The molecule has 1 N–H and O–H groups in total. The Hall–Kier alpha value is -1.62. The average Bonchev–Trinajstić information content (AvgIpc) is 2.85. The fourth-order valence-corrected chi connectivity index (χ4v) is 2.19. The third kappa shape index (κ3) is 2.44. The van der Waals surface area contributed by atoms with Crippen LogP contribution in [0.2, 0.25) is 0 Å². The molecule has 15 heavy (non-hydrogen) atoms. The van der Waals surface area contributed by atoms with E-state index in [1.807, 2.05) is 12.1 Å². The van der Waals surface area contributed by atoms with Crippen molar-refractivity contribution in [1.82, 2.24) is 5.16 Å². The number of aliphatic carboxylic acids is 1. The average molecular weight is 223 g/mol. The van der Waals surface area contributed by atoms with Crippen LogP contribution in [0.4, 0.5) is 0 Å². The van der Waals surface area contributed by atoms with E-state index in [0.29, 0.717) is 6.42 Å². The van der Waals surface area contributed by atoms with Crippen molar-refractivity contribution < 1.29 is 14.4 Å². The summed E-state index contributed by atoms with van der Waals surface area (Å²) >= 11 is 1.55. The summed E-state index contributed by atoms with van der Waals surface area (Å²) in [6.45, 7) is 0. The normalized spacial score (nSPS) is 10.4. The molecule has 2 aromatic heterocycles. The summed E-state index contributed by atoms with van der Waals surface area (Å²) in [6.07, 6.45) is 2.25. The molecule has 0 aliphatic carbocycles. The fraction of sp³-hybridized carbons (Fsp3) is 0.200. The first-order valence-electron chi connectivity index (χ1n) is 4.47. The first kappa shape index (κ1) is 9.92. The summed E-state index contributed by atoms with van der Waals surface area (Å²) in [4.78, 5) is 12.4. The highest BCUT2D eigenvalue weighted by atomic mass is 32.1. The van der Waals surface area contributed by atoms with Crippen LogP contribution >= 0.6 is 11.3 Å². The van der Waals surface area contributed by atoms with Gasteiger partial charge in [0, 0.05) is 10.9 Å². The maximum Gasteiger partial charge on any atom is 0.303 e. The standard InChI is InChI=1S/C10H9NO3S/c12-10(13)4-2-7-1-3-9(15-7)8-5-6-14-11-8/h1,3,5-6H,2,4H2,(H,12,13). The van der Waals surface area contributed by atoms with Crippen LogP contribution in [0, 0.1) is 0 Å². The number of hydrogen-bond acceptors (Lipinski definition) is 4. The van der Waals surface area contributed by atoms with Gasteiger partial charge in [-0.15, -0.1) is 11.3 Å². The van der Waals surface area contributed by atoms with Crippen molar-refractivity contribution in [2.24, 2.45) is 0 Å². The molecule has 0 unspecified atom stereocenters. The van der Waals surface area contributed by atoms with Crippen molar-refractivity contribution in [3.05, 3.63) is 29.3 Å². The topological polar surface area (TPSA) is 63.3 Å². The van der Waals surface area contributed by atoms with Gasteiger partial charge in [-0.1, -0.05) is 5.16 Å². The van der Waals surface area contributed by atoms with Gasteiger partial charge in [-0.25, -0.2) is 0 Å². The van der Waals surface area contributed by atoms with E-state index in [2.05, 4.69) is 5.16 Å². The molecule has 0 atom stereocenters. The lowest BCUT2D eigenvalue weighted by atomic mass is 10.2. The van der Waals surface area contributed by atoms with Crippen LogP contribution in [-0.4, -0.2) is 16.2 Å². The van der Waals surface area contributed by atoms with E-state index in [4.69, 9.17) is 9.63 Å². The number of carboxylic acid groups (broad SMARTS) is 1. The number of carbonyl (C=O) groups is 1. The Morgan fingerprint density at radius 1 is 1.47 bits per heavy atom. The molecule has 0 fully saturated rings. The number of aromatic nitrogens is 1. The summed E-state index contributed by atoms with van der Waals surface area (Å²) in [6, 6.07) is 5.64. The Morgan fingerprint density at radius 2 is 2.33 bits per heavy atom. The zero-order chi connectivity index (χ0) is 10.7. The van der Waals surface area contributed by atoms with Crippen molar-refractivity contribution in [2.75, 3.05) is 0 Å². The molecule has 2 aromatic rings. The van der Waals surface area contributed by atoms with Crippen LogP contribution < -0.4 is 0 Å². The van der Waals surface area contributed by atoms with E-state index in [0.717, 1.165) is 15.4 Å². The lowest BCUT2D eigenvalue weighted by molar-refractivity contribution is -0.136. The van der Waals surface area contributed by atoms with E-state index >= 15 is 0 Å². The third-order valence-corrected chi connectivity index (χ3v) is 3.10. The summed E-state index contributed by atoms with van der Waals surface area (Å²) in [7, 11) is 0. The molecule has 2 heterocycles. The van der Waals surface area contributed by atoms with Crippen molar-refractivity contribution in [1.29, 1.82) is 0 Å². The lowest BCUT2D eigenvalue weighted by Gasteiger charge is -1.91. The third-order valence-electron chi connectivity index (χ3n) is 1.94.